The van der Waals surface area contributed by atoms with E-state index in [1.165, 1.54) is 23.1 Å². The van der Waals surface area contributed by atoms with Gasteiger partial charge in [-0.25, -0.2) is 0 Å². The van der Waals surface area contributed by atoms with Gasteiger partial charge in [0.2, 0.25) is 16.9 Å². The average molecular weight is 457 g/mol. The topological polar surface area (TPSA) is 121 Å². The molecular weight excluding hydrogens is 436 g/mol. The Morgan fingerprint density at radius 1 is 1.03 bits per heavy atom. The minimum Gasteiger partial charge on any atom is -0.481 e. The Kier molecular flexibility index (Phi) is 7.74. The lowest BCUT2D eigenvalue weighted by Crippen LogP contribution is -2.19. The third-order valence-electron chi connectivity index (χ3n) is 4.03. The molecule has 3 N–H and O–H groups in total. The molecule has 2 amide bonds. The summed E-state index contributed by atoms with van der Waals surface area (Å²) >= 11 is 2.63. The van der Waals surface area contributed by atoms with E-state index < -0.39 is 11.2 Å². The number of amides is 2. The van der Waals surface area contributed by atoms with Gasteiger partial charge in [-0.3, -0.25) is 19.7 Å². The van der Waals surface area contributed by atoms with Crippen molar-refractivity contribution < 1.29 is 19.5 Å². The van der Waals surface area contributed by atoms with E-state index >= 15 is 0 Å². The molecular formula is C21H20N4O4S2. The summed E-state index contributed by atoms with van der Waals surface area (Å²) in [5, 5.41) is 22.7. The Morgan fingerprint density at radius 3 is 2.48 bits per heavy atom. The van der Waals surface area contributed by atoms with Gasteiger partial charge in [-0.2, -0.15) is 0 Å². The number of carboxylic acids is 1. The highest BCUT2D eigenvalue weighted by atomic mass is 32.2. The van der Waals surface area contributed by atoms with Crippen molar-refractivity contribution in [3.8, 4) is 0 Å². The van der Waals surface area contributed by atoms with E-state index in [1.54, 1.807) is 18.2 Å². The first-order valence-electron chi connectivity index (χ1n) is 9.35. The van der Waals surface area contributed by atoms with Gasteiger partial charge in [0, 0.05) is 17.0 Å². The smallest absolute Gasteiger partial charge is 0.303 e. The molecule has 0 aliphatic heterocycles. The largest absolute Gasteiger partial charge is 0.481 e. The van der Waals surface area contributed by atoms with Crippen molar-refractivity contribution in [3.63, 3.8) is 0 Å². The van der Waals surface area contributed by atoms with Crippen molar-refractivity contribution in [3.05, 3.63) is 65.2 Å². The van der Waals surface area contributed by atoms with Crippen LogP contribution in [-0.2, 0) is 14.4 Å². The van der Waals surface area contributed by atoms with E-state index in [1.807, 2.05) is 43.3 Å². The van der Waals surface area contributed by atoms with E-state index in [2.05, 4.69) is 20.8 Å². The molecule has 31 heavy (non-hydrogen) atoms. The SMILES string of the molecule is Cc1nnc(NC(=O)C(Sc2cccc(NC(=O)CCC(=O)O)c2)c2ccccc2)s1. The van der Waals surface area contributed by atoms with Gasteiger partial charge >= 0.3 is 5.97 Å². The molecule has 1 aromatic heterocycles. The number of carbonyl (C=O) groups is 3. The molecule has 0 aliphatic rings. The molecule has 3 rings (SSSR count). The van der Waals surface area contributed by atoms with Crippen LogP contribution in [0, 0.1) is 6.92 Å². The molecule has 0 bridgehead atoms. The number of aryl methyl sites for hydroxylation is 1. The fourth-order valence-corrected chi connectivity index (χ4v) is 4.32. The summed E-state index contributed by atoms with van der Waals surface area (Å²) in [6.45, 7) is 1.81. The molecule has 8 nitrogen and oxygen atoms in total. The Hall–Kier alpha value is -3.24. The number of aromatic nitrogens is 2. The number of nitrogens with one attached hydrogen (secondary N) is 2. The monoisotopic (exact) mass is 456 g/mol. The molecule has 0 spiro atoms. The second-order valence-corrected chi connectivity index (χ2v) is 8.85. The second-order valence-electron chi connectivity index (χ2n) is 6.49. The second kappa shape index (κ2) is 10.7. The number of carboxylic acid groups (broad SMARTS) is 1. The van der Waals surface area contributed by atoms with E-state index in [0.29, 0.717) is 10.8 Å². The van der Waals surface area contributed by atoms with Crippen LogP contribution in [0.5, 0.6) is 0 Å². The number of nitrogens with zero attached hydrogens (tertiary/aromatic N) is 2. The van der Waals surface area contributed by atoms with Crippen LogP contribution in [0.1, 0.15) is 28.7 Å². The quantitative estimate of drug-likeness (QED) is 0.414. The first-order valence-corrected chi connectivity index (χ1v) is 11.0. The van der Waals surface area contributed by atoms with Crippen molar-refractivity contribution in [1.29, 1.82) is 0 Å². The Balaban J connectivity index is 1.75. The normalized spacial score (nSPS) is 11.5. The average Bonchev–Trinajstić information content (AvgIpc) is 3.16. The Bertz CT molecular complexity index is 1070. The van der Waals surface area contributed by atoms with E-state index in [4.69, 9.17) is 5.11 Å². The maximum atomic E-state index is 13.0. The van der Waals surface area contributed by atoms with Crippen molar-refractivity contribution in [2.75, 3.05) is 10.6 Å². The van der Waals surface area contributed by atoms with E-state index in [-0.39, 0.29) is 24.7 Å². The first-order chi connectivity index (χ1) is 14.9. The van der Waals surface area contributed by atoms with Crippen LogP contribution in [0.25, 0.3) is 0 Å². The summed E-state index contributed by atoms with van der Waals surface area (Å²) in [5.41, 5.74) is 1.36. The van der Waals surface area contributed by atoms with Crippen LogP contribution in [0.2, 0.25) is 0 Å². The summed E-state index contributed by atoms with van der Waals surface area (Å²) < 4.78 is 0. The van der Waals surface area contributed by atoms with Gasteiger partial charge in [0.05, 0.1) is 6.42 Å². The zero-order valence-corrected chi connectivity index (χ0v) is 18.2. The standard InChI is InChI=1S/C21H20N4O4S2/c1-13-24-25-21(30-13)23-20(29)19(14-6-3-2-4-7-14)31-16-9-5-8-15(12-16)22-17(26)10-11-18(27)28/h2-9,12,19H,10-11H2,1H3,(H,22,26)(H,27,28)(H,23,25,29). The molecule has 0 aliphatic carbocycles. The highest BCUT2D eigenvalue weighted by Gasteiger charge is 2.23. The van der Waals surface area contributed by atoms with Gasteiger partial charge in [0.25, 0.3) is 0 Å². The highest BCUT2D eigenvalue weighted by Crippen LogP contribution is 2.37. The van der Waals surface area contributed by atoms with Crippen LogP contribution < -0.4 is 10.6 Å². The summed E-state index contributed by atoms with van der Waals surface area (Å²) in [4.78, 5) is 36.4. The number of carbonyl (C=O) groups excluding carboxylic acids is 2. The van der Waals surface area contributed by atoms with Gasteiger partial charge in [0.1, 0.15) is 10.3 Å². The third kappa shape index (κ3) is 6.90. The van der Waals surface area contributed by atoms with Gasteiger partial charge < -0.3 is 10.4 Å². The van der Waals surface area contributed by atoms with Crippen molar-refractivity contribution in [2.45, 2.75) is 29.9 Å². The van der Waals surface area contributed by atoms with Crippen molar-refractivity contribution in [1.82, 2.24) is 10.2 Å². The lowest BCUT2D eigenvalue weighted by atomic mass is 10.1. The van der Waals surface area contributed by atoms with E-state index in [9.17, 15) is 14.4 Å². The first kappa shape index (κ1) is 22.4. The Labute approximate surface area is 187 Å². The molecule has 1 heterocycles. The molecule has 0 radical (unpaired) electrons. The minimum atomic E-state index is -1.03. The van der Waals surface area contributed by atoms with Crippen molar-refractivity contribution >= 4 is 51.7 Å². The fourth-order valence-electron chi connectivity index (χ4n) is 2.65. The molecule has 3 aromatic rings. The predicted molar refractivity (Wildman–Crippen MR) is 120 cm³/mol. The summed E-state index contributed by atoms with van der Waals surface area (Å²) in [6.07, 6.45) is -0.343. The maximum Gasteiger partial charge on any atom is 0.303 e. The van der Waals surface area contributed by atoms with E-state index in [0.717, 1.165) is 15.5 Å². The highest BCUT2D eigenvalue weighted by molar-refractivity contribution is 8.00. The summed E-state index contributed by atoms with van der Waals surface area (Å²) in [5.74, 6) is -1.64. The lowest BCUT2D eigenvalue weighted by Gasteiger charge is -2.16. The van der Waals surface area contributed by atoms with Crippen LogP contribution in [0.3, 0.4) is 0 Å². The van der Waals surface area contributed by atoms with Crippen molar-refractivity contribution in [2.24, 2.45) is 0 Å². The number of rotatable bonds is 9. The van der Waals surface area contributed by atoms with Crippen LogP contribution in [-0.4, -0.2) is 33.1 Å². The zero-order valence-electron chi connectivity index (χ0n) is 16.6. The maximum absolute atomic E-state index is 13.0. The fraction of sp³-hybridized carbons (Fsp3) is 0.190. The number of benzene rings is 2. The molecule has 2 aromatic carbocycles. The molecule has 0 saturated heterocycles. The van der Waals surface area contributed by atoms with Gasteiger partial charge in [-0.1, -0.05) is 47.7 Å². The number of anilines is 2. The molecule has 1 unspecified atom stereocenters. The molecule has 160 valence electrons. The summed E-state index contributed by atoms with van der Waals surface area (Å²) in [6, 6.07) is 16.4. The zero-order chi connectivity index (χ0) is 22.2. The molecule has 10 heteroatoms. The number of aliphatic carboxylic acids is 1. The van der Waals surface area contributed by atoms with Gasteiger partial charge in [-0.05, 0) is 30.7 Å². The Morgan fingerprint density at radius 2 is 1.81 bits per heavy atom. The number of hydrogen-bond donors (Lipinski definition) is 3. The molecule has 0 fully saturated rings. The molecule has 1 atom stereocenters. The van der Waals surface area contributed by atoms with Gasteiger partial charge in [-0.15, -0.1) is 22.0 Å². The number of hydrogen-bond acceptors (Lipinski definition) is 7. The van der Waals surface area contributed by atoms with Gasteiger partial charge in [0.15, 0.2) is 0 Å². The minimum absolute atomic E-state index is 0.108. The lowest BCUT2D eigenvalue weighted by molar-refractivity contribution is -0.138. The predicted octanol–water partition coefficient (Wildman–Crippen LogP) is 4.12. The van der Waals surface area contributed by atoms with Crippen LogP contribution in [0.15, 0.2) is 59.5 Å². The number of thioether (sulfide) groups is 1. The molecule has 0 saturated carbocycles. The summed E-state index contributed by atoms with van der Waals surface area (Å²) in [7, 11) is 0. The van der Waals surface area contributed by atoms with Crippen LogP contribution >= 0.6 is 23.1 Å². The van der Waals surface area contributed by atoms with Crippen LogP contribution in [0.4, 0.5) is 10.8 Å². The third-order valence-corrected chi connectivity index (χ3v) is 6.04.